The summed E-state index contributed by atoms with van der Waals surface area (Å²) in [5.74, 6) is -0.955. The fourth-order valence-electron chi connectivity index (χ4n) is 2.16. The summed E-state index contributed by atoms with van der Waals surface area (Å²) in [4.78, 5) is 13.8. The number of hydrogen-bond acceptors (Lipinski definition) is 1. The van der Waals surface area contributed by atoms with Crippen molar-refractivity contribution in [3.05, 3.63) is 35.0 Å². The molecule has 5 heteroatoms. The molecule has 1 aromatic carbocycles. The van der Waals surface area contributed by atoms with Gasteiger partial charge in [-0.25, -0.2) is 4.79 Å². The number of nitrogens with one attached hydrogen (secondary N) is 1. The average molecular weight is 249 g/mol. The van der Waals surface area contributed by atoms with Gasteiger partial charge in [-0.3, -0.25) is 0 Å². The summed E-state index contributed by atoms with van der Waals surface area (Å²) in [7, 11) is 1.88. The van der Waals surface area contributed by atoms with Gasteiger partial charge < -0.3 is 14.7 Å². The molecular formula is C12H9ClN2O2. The largest absolute Gasteiger partial charge is 0.477 e. The minimum atomic E-state index is -0.955. The van der Waals surface area contributed by atoms with Gasteiger partial charge in [0.1, 0.15) is 11.3 Å². The van der Waals surface area contributed by atoms with Crippen LogP contribution in [0.4, 0.5) is 0 Å². The predicted octanol–water partition coefficient (Wildman–Crippen LogP) is 3.01. The highest BCUT2D eigenvalue weighted by atomic mass is 35.5. The van der Waals surface area contributed by atoms with Gasteiger partial charge in [-0.1, -0.05) is 17.7 Å². The first-order valence-corrected chi connectivity index (χ1v) is 5.45. The van der Waals surface area contributed by atoms with Crippen molar-refractivity contribution >= 4 is 39.5 Å². The summed E-state index contributed by atoms with van der Waals surface area (Å²) < 4.78 is 1.91. The number of H-pyrrole nitrogens is 1. The molecule has 0 bridgehead atoms. The van der Waals surface area contributed by atoms with Crippen LogP contribution in [0, 0.1) is 0 Å². The van der Waals surface area contributed by atoms with E-state index in [1.54, 1.807) is 12.1 Å². The molecule has 0 aliphatic carbocycles. The maximum Gasteiger partial charge on any atom is 0.352 e. The van der Waals surface area contributed by atoms with Crippen LogP contribution in [0.3, 0.4) is 0 Å². The standard InChI is InChI=1S/C12H9ClN2O2/c1-15-10-4-6(13)2-3-7(10)8-5-9(12(16)17)14-11(8)15/h2-5,14H,1H3,(H,16,17). The molecule has 2 aromatic heterocycles. The van der Waals surface area contributed by atoms with Gasteiger partial charge in [0.2, 0.25) is 0 Å². The second-order valence-electron chi connectivity index (χ2n) is 3.97. The lowest BCUT2D eigenvalue weighted by Crippen LogP contribution is -1.96. The quantitative estimate of drug-likeness (QED) is 0.695. The van der Waals surface area contributed by atoms with Crippen LogP contribution in [0.15, 0.2) is 24.3 Å². The normalized spacial score (nSPS) is 11.4. The lowest BCUT2D eigenvalue weighted by molar-refractivity contribution is 0.0691. The zero-order valence-corrected chi connectivity index (χ0v) is 9.75. The molecule has 0 amide bonds. The van der Waals surface area contributed by atoms with E-state index >= 15 is 0 Å². The van der Waals surface area contributed by atoms with Crippen LogP contribution in [0.25, 0.3) is 21.9 Å². The van der Waals surface area contributed by atoms with E-state index in [0.717, 1.165) is 21.9 Å². The number of carbonyl (C=O) groups is 1. The number of aromatic carboxylic acids is 1. The first-order chi connectivity index (χ1) is 8.08. The van der Waals surface area contributed by atoms with Gasteiger partial charge in [-0.05, 0) is 18.2 Å². The number of aromatic nitrogens is 2. The van der Waals surface area contributed by atoms with E-state index in [-0.39, 0.29) is 5.69 Å². The van der Waals surface area contributed by atoms with E-state index in [9.17, 15) is 4.79 Å². The van der Waals surface area contributed by atoms with Crippen LogP contribution in [0.5, 0.6) is 0 Å². The van der Waals surface area contributed by atoms with E-state index in [2.05, 4.69) is 4.98 Å². The smallest absolute Gasteiger partial charge is 0.352 e. The maximum absolute atomic E-state index is 10.9. The van der Waals surface area contributed by atoms with Gasteiger partial charge in [-0.2, -0.15) is 0 Å². The Morgan fingerprint density at radius 2 is 2.12 bits per heavy atom. The van der Waals surface area contributed by atoms with Crippen molar-refractivity contribution in [2.75, 3.05) is 0 Å². The van der Waals surface area contributed by atoms with Crippen LogP contribution in [-0.2, 0) is 7.05 Å². The lowest BCUT2D eigenvalue weighted by Gasteiger charge is -1.97. The van der Waals surface area contributed by atoms with Gasteiger partial charge in [0.15, 0.2) is 0 Å². The average Bonchev–Trinajstić information content (AvgIpc) is 2.80. The van der Waals surface area contributed by atoms with Crippen LogP contribution < -0.4 is 0 Å². The first-order valence-electron chi connectivity index (χ1n) is 5.08. The van der Waals surface area contributed by atoms with E-state index in [1.807, 2.05) is 23.7 Å². The first kappa shape index (κ1) is 10.2. The Kier molecular flexibility index (Phi) is 1.97. The Balaban J connectivity index is 2.46. The highest BCUT2D eigenvalue weighted by Crippen LogP contribution is 2.30. The fourth-order valence-corrected chi connectivity index (χ4v) is 2.33. The summed E-state index contributed by atoms with van der Waals surface area (Å²) in [6, 6.07) is 7.22. The summed E-state index contributed by atoms with van der Waals surface area (Å²) in [5.41, 5.74) is 1.97. The van der Waals surface area contributed by atoms with E-state index in [4.69, 9.17) is 16.7 Å². The van der Waals surface area contributed by atoms with Gasteiger partial charge in [0.05, 0.1) is 5.52 Å². The van der Waals surface area contributed by atoms with Crippen LogP contribution >= 0.6 is 11.6 Å². The van der Waals surface area contributed by atoms with Crippen molar-refractivity contribution in [2.24, 2.45) is 7.05 Å². The fraction of sp³-hybridized carbons (Fsp3) is 0.0833. The third-order valence-electron chi connectivity index (χ3n) is 2.97. The van der Waals surface area contributed by atoms with Crippen molar-refractivity contribution in [1.82, 2.24) is 9.55 Å². The van der Waals surface area contributed by atoms with Crippen molar-refractivity contribution in [3.63, 3.8) is 0 Å². The molecule has 0 saturated carbocycles. The summed E-state index contributed by atoms with van der Waals surface area (Å²) in [6.45, 7) is 0. The molecule has 0 spiro atoms. The topological polar surface area (TPSA) is 58.0 Å². The number of fused-ring (bicyclic) bond motifs is 3. The summed E-state index contributed by atoms with van der Waals surface area (Å²) >= 11 is 5.95. The minimum absolute atomic E-state index is 0.197. The molecule has 2 heterocycles. The molecule has 0 aliphatic heterocycles. The molecule has 86 valence electrons. The number of aromatic amines is 1. The number of hydrogen-bond donors (Lipinski definition) is 2. The van der Waals surface area contributed by atoms with Crippen molar-refractivity contribution in [2.45, 2.75) is 0 Å². The Hall–Kier alpha value is -1.94. The second kappa shape index (κ2) is 3.28. The number of halogens is 1. The number of aryl methyl sites for hydroxylation is 1. The number of carboxylic acids is 1. The molecule has 0 saturated heterocycles. The highest BCUT2D eigenvalue weighted by Gasteiger charge is 2.14. The number of carboxylic acid groups (broad SMARTS) is 1. The zero-order chi connectivity index (χ0) is 12.2. The third-order valence-corrected chi connectivity index (χ3v) is 3.21. The molecular weight excluding hydrogens is 240 g/mol. The monoisotopic (exact) mass is 248 g/mol. The number of rotatable bonds is 1. The molecule has 0 aliphatic rings. The molecule has 2 N–H and O–H groups in total. The van der Waals surface area contributed by atoms with E-state index < -0.39 is 5.97 Å². The maximum atomic E-state index is 10.9. The molecule has 4 nitrogen and oxygen atoms in total. The molecule has 0 unspecified atom stereocenters. The van der Waals surface area contributed by atoms with Crippen LogP contribution in [0.1, 0.15) is 10.5 Å². The number of nitrogens with zero attached hydrogens (tertiary/aromatic N) is 1. The van der Waals surface area contributed by atoms with Gasteiger partial charge in [0.25, 0.3) is 0 Å². The SMILES string of the molecule is Cn1c2cc(Cl)ccc2c2cc(C(=O)O)[nH]c21. The number of benzene rings is 1. The van der Waals surface area contributed by atoms with Crippen molar-refractivity contribution in [1.29, 1.82) is 0 Å². The molecule has 0 atom stereocenters. The van der Waals surface area contributed by atoms with Gasteiger partial charge in [-0.15, -0.1) is 0 Å². The van der Waals surface area contributed by atoms with Crippen LogP contribution in [0.2, 0.25) is 5.02 Å². The summed E-state index contributed by atoms with van der Waals surface area (Å²) in [5, 5.41) is 11.5. The molecule has 17 heavy (non-hydrogen) atoms. The second-order valence-corrected chi connectivity index (χ2v) is 4.41. The van der Waals surface area contributed by atoms with Gasteiger partial charge >= 0.3 is 5.97 Å². The third kappa shape index (κ3) is 1.34. The van der Waals surface area contributed by atoms with Gasteiger partial charge in [0, 0.05) is 22.8 Å². The molecule has 0 radical (unpaired) electrons. The van der Waals surface area contributed by atoms with E-state index in [0.29, 0.717) is 5.02 Å². The molecule has 3 aromatic rings. The van der Waals surface area contributed by atoms with Crippen molar-refractivity contribution in [3.8, 4) is 0 Å². The molecule has 3 rings (SSSR count). The summed E-state index contributed by atoms with van der Waals surface area (Å²) in [6.07, 6.45) is 0. The Bertz CT molecular complexity index is 755. The Morgan fingerprint density at radius 1 is 1.35 bits per heavy atom. The Morgan fingerprint density at radius 3 is 2.82 bits per heavy atom. The lowest BCUT2D eigenvalue weighted by atomic mass is 10.2. The minimum Gasteiger partial charge on any atom is -0.477 e. The predicted molar refractivity (Wildman–Crippen MR) is 66.7 cm³/mol. The zero-order valence-electron chi connectivity index (χ0n) is 8.99. The van der Waals surface area contributed by atoms with Crippen molar-refractivity contribution < 1.29 is 9.90 Å². The Labute approximate surface area is 101 Å². The van der Waals surface area contributed by atoms with Crippen LogP contribution in [-0.4, -0.2) is 20.6 Å². The molecule has 0 fully saturated rings. The van der Waals surface area contributed by atoms with E-state index in [1.165, 1.54) is 0 Å². The highest BCUT2D eigenvalue weighted by molar-refractivity contribution is 6.31.